The maximum absolute atomic E-state index is 13.1. The zero-order valence-corrected chi connectivity index (χ0v) is 17.8. The lowest BCUT2D eigenvalue weighted by atomic mass is 10.1. The number of aromatic nitrogens is 1. The molecule has 162 valence electrons. The second kappa shape index (κ2) is 8.96. The van der Waals surface area contributed by atoms with Crippen molar-refractivity contribution in [1.29, 1.82) is 0 Å². The molecule has 6 heteroatoms. The van der Waals surface area contributed by atoms with Gasteiger partial charge in [0.1, 0.15) is 11.5 Å². The van der Waals surface area contributed by atoms with Crippen LogP contribution in [-0.4, -0.2) is 23.3 Å². The Balaban J connectivity index is 1.37. The summed E-state index contributed by atoms with van der Waals surface area (Å²) in [7, 11) is 0. The van der Waals surface area contributed by atoms with Crippen LogP contribution in [0.3, 0.4) is 0 Å². The molecule has 0 saturated carbocycles. The van der Waals surface area contributed by atoms with Gasteiger partial charge in [-0.1, -0.05) is 36.4 Å². The number of hydrogen-bond donors (Lipinski definition) is 1. The number of benzene rings is 3. The van der Waals surface area contributed by atoms with Gasteiger partial charge < -0.3 is 15.0 Å². The Hall–Kier alpha value is -4.45. The van der Waals surface area contributed by atoms with Crippen LogP contribution in [0.1, 0.15) is 26.3 Å². The Labute approximate surface area is 191 Å². The highest BCUT2D eigenvalue weighted by Crippen LogP contribution is 2.33. The van der Waals surface area contributed by atoms with Gasteiger partial charge in [-0.05, 0) is 60.5 Å². The lowest BCUT2D eigenvalue weighted by Gasteiger charge is -2.18. The molecule has 4 aromatic rings. The first-order valence-corrected chi connectivity index (χ1v) is 10.7. The Morgan fingerprint density at radius 3 is 2.45 bits per heavy atom. The molecule has 0 fully saturated rings. The van der Waals surface area contributed by atoms with E-state index < -0.39 is 0 Å². The predicted molar refractivity (Wildman–Crippen MR) is 127 cm³/mol. The van der Waals surface area contributed by atoms with Gasteiger partial charge in [0.2, 0.25) is 0 Å². The normalized spacial score (nSPS) is 12.2. The number of hydrogen-bond acceptors (Lipinski definition) is 4. The van der Waals surface area contributed by atoms with E-state index in [1.807, 2.05) is 54.6 Å². The van der Waals surface area contributed by atoms with E-state index in [1.165, 1.54) is 0 Å². The number of para-hydroxylation sites is 2. The van der Waals surface area contributed by atoms with Gasteiger partial charge in [0.25, 0.3) is 11.8 Å². The number of anilines is 2. The van der Waals surface area contributed by atoms with Gasteiger partial charge in [-0.2, -0.15) is 0 Å². The molecule has 1 aliphatic heterocycles. The second-order valence-electron chi connectivity index (χ2n) is 7.65. The van der Waals surface area contributed by atoms with Crippen LogP contribution in [0.2, 0.25) is 0 Å². The number of carbonyl (C=O) groups is 2. The number of nitrogens with zero attached hydrogens (tertiary/aromatic N) is 2. The van der Waals surface area contributed by atoms with Gasteiger partial charge in [0.05, 0.1) is 5.56 Å². The maximum atomic E-state index is 13.1. The molecule has 2 heterocycles. The lowest BCUT2D eigenvalue weighted by Crippen LogP contribution is -2.28. The summed E-state index contributed by atoms with van der Waals surface area (Å²) in [5.41, 5.74) is 3.50. The highest BCUT2D eigenvalue weighted by Gasteiger charge is 2.26. The average Bonchev–Trinajstić information content (AvgIpc) is 3.28. The standard InChI is InChI=1S/C27H21N3O3/c31-26(23-8-4-5-9-25(23)33-22-6-2-1-3-7-22)29-21-11-10-19-14-17-30(24(19)18-21)27(32)20-12-15-28-16-13-20/h1-13,15-16,18H,14,17H2,(H,29,31). The smallest absolute Gasteiger partial charge is 0.259 e. The number of fused-ring (bicyclic) bond motifs is 1. The molecular weight excluding hydrogens is 414 g/mol. The minimum absolute atomic E-state index is 0.0822. The summed E-state index contributed by atoms with van der Waals surface area (Å²) in [4.78, 5) is 31.8. The molecule has 2 amide bonds. The first kappa shape index (κ1) is 20.5. The molecule has 0 bridgehead atoms. The lowest BCUT2D eigenvalue weighted by molar-refractivity contribution is 0.0987. The Morgan fingerprint density at radius 1 is 0.879 bits per heavy atom. The Bertz CT molecular complexity index is 1310. The molecule has 0 spiro atoms. The molecule has 33 heavy (non-hydrogen) atoms. The van der Waals surface area contributed by atoms with Crippen molar-refractivity contribution in [1.82, 2.24) is 4.98 Å². The van der Waals surface area contributed by atoms with Gasteiger partial charge in [-0.15, -0.1) is 0 Å². The summed E-state index contributed by atoms with van der Waals surface area (Å²) in [6.45, 7) is 0.599. The summed E-state index contributed by atoms with van der Waals surface area (Å²) < 4.78 is 5.92. The molecule has 0 radical (unpaired) electrons. The van der Waals surface area contributed by atoms with Crippen molar-refractivity contribution in [2.75, 3.05) is 16.8 Å². The highest BCUT2D eigenvalue weighted by atomic mass is 16.5. The van der Waals surface area contributed by atoms with E-state index in [9.17, 15) is 9.59 Å². The summed E-state index contributed by atoms with van der Waals surface area (Å²) in [5.74, 6) is 0.755. The summed E-state index contributed by atoms with van der Waals surface area (Å²) in [5, 5.41) is 2.95. The summed E-state index contributed by atoms with van der Waals surface area (Å²) in [6, 6.07) is 25.5. The number of pyridine rings is 1. The first-order chi connectivity index (χ1) is 16.2. The van der Waals surface area contributed by atoms with Crippen LogP contribution in [0.5, 0.6) is 11.5 Å². The fraction of sp³-hybridized carbons (Fsp3) is 0.0741. The molecule has 1 aliphatic rings. The largest absolute Gasteiger partial charge is 0.457 e. The summed E-state index contributed by atoms with van der Waals surface area (Å²) in [6.07, 6.45) is 3.99. The van der Waals surface area contributed by atoms with Crippen LogP contribution in [-0.2, 0) is 6.42 Å². The van der Waals surface area contributed by atoms with Crippen LogP contribution in [0.25, 0.3) is 0 Å². The highest BCUT2D eigenvalue weighted by molar-refractivity contribution is 6.09. The number of nitrogens with one attached hydrogen (secondary N) is 1. The van der Waals surface area contributed by atoms with Gasteiger partial charge in [-0.3, -0.25) is 14.6 Å². The average molecular weight is 435 g/mol. The molecule has 0 aliphatic carbocycles. The number of ether oxygens (including phenoxy) is 1. The third-order valence-electron chi connectivity index (χ3n) is 5.51. The van der Waals surface area contributed by atoms with Gasteiger partial charge >= 0.3 is 0 Å². The molecule has 3 aromatic carbocycles. The van der Waals surface area contributed by atoms with Crippen molar-refractivity contribution < 1.29 is 14.3 Å². The van der Waals surface area contributed by atoms with E-state index >= 15 is 0 Å². The zero-order chi connectivity index (χ0) is 22.6. The monoisotopic (exact) mass is 435 g/mol. The molecule has 0 saturated heterocycles. The molecule has 5 rings (SSSR count). The quantitative estimate of drug-likeness (QED) is 0.460. The molecule has 1 aromatic heterocycles. The number of carbonyl (C=O) groups excluding carboxylic acids is 2. The van der Waals surface area contributed by atoms with Crippen molar-refractivity contribution in [2.24, 2.45) is 0 Å². The van der Waals surface area contributed by atoms with Gasteiger partial charge in [0.15, 0.2) is 0 Å². The number of amides is 2. The minimum atomic E-state index is -0.286. The van der Waals surface area contributed by atoms with Crippen molar-refractivity contribution in [3.8, 4) is 11.5 Å². The molecule has 1 N–H and O–H groups in total. The van der Waals surface area contributed by atoms with E-state index in [-0.39, 0.29) is 11.8 Å². The maximum Gasteiger partial charge on any atom is 0.259 e. The van der Waals surface area contributed by atoms with Crippen molar-refractivity contribution in [3.05, 3.63) is 114 Å². The van der Waals surface area contributed by atoms with Crippen molar-refractivity contribution >= 4 is 23.2 Å². The number of rotatable bonds is 5. The minimum Gasteiger partial charge on any atom is -0.457 e. The SMILES string of the molecule is O=C(Nc1ccc2c(c1)N(C(=O)c1ccncc1)CC2)c1ccccc1Oc1ccccc1. The van der Waals surface area contributed by atoms with Crippen LogP contribution in [0, 0.1) is 0 Å². The van der Waals surface area contributed by atoms with Crippen LogP contribution < -0.4 is 15.0 Å². The third-order valence-corrected chi connectivity index (χ3v) is 5.51. The van der Waals surface area contributed by atoms with Crippen LogP contribution in [0.15, 0.2) is 97.3 Å². The molecule has 0 unspecified atom stereocenters. The second-order valence-corrected chi connectivity index (χ2v) is 7.65. The van der Waals surface area contributed by atoms with Crippen LogP contribution in [0.4, 0.5) is 11.4 Å². The van der Waals surface area contributed by atoms with Crippen LogP contribution >= 0.6 is 0 Å². The predicted octanol–water partition coefficient (Wildman–Crippen LogP) is 5.33. The fourth-order valence-corrected chi connectivity index (χ4v) is 3.88. The van der Waals surface area contributed by atoms with E-state index in [2.05, 4.69) is 10.3 Å². The molecule has 0 atom stereocenters. The van der Waals surface area contributed by atoms with E-state index in [1.54, 1.807) is 47.6 Å². The molecule has 6 nitrogen and oxygen atoms in total. The van der Waals surface area contributed by atoms with E-state index in [0.717, 1.165) is 17.7 Å². The van der Waals surface area contributed by atoms with Gasteiger partial charge in [0, 0.05) is 35.9 Å². The molecular formula is C27H21N3O3. The van der Waals surface area contributed by atoms with Crippen molar-refractivity contribution in [3.63, 3.8) is 0 Å². The first-order valence-electron chi connectivity index (χ1n) is 10.7. The Kier molecular flexibility index (Phi) is 5.55. The van der Waals surface area contributed by atoms with E-state index in [0.29, 0.717) is 34.9 Å². The topological polar surface area (TPSA) is 71.5 Å². The fourth-order valence-electron chi connectivity index (χ4n) is 3.88. The summed E-state index contributed by atoms with van der Waals surface area (Å²) >= 11 is 0. The Morgan fingerprint density at radius 2 is 1.64 bits per heavy atom. The third kappa shape index (κ3) is 4.32. The van der Waals surface area contributed by atoms with E-state index in [4.69, 9.17) is 4.74 Å². The zero-order valence-electron chi connectivity index (χ0n) is 17.8. The van der Waals surface area contributed by atoms with Crippen molar-refractivity contribution in [2.45, 2.75) is 6.42 Å². The van der Waals surface area contributed by atoms with Gasteiger partial charge in [-0.25, -0.2) is 0 Å².